The summed E-state index contributed by atoms with van der Waals surface area (Å²) in [4.78, 5) is 23.1. The fourth-order valence-electron chi connectivity index (χ4n) is 2.35. The van der Waals surface area contributed by atoms with E-state index in [0.29, 0.717) is 22.9 Å². The fraction of sp³-hybridized carbons (Fsp3) is 0.143. The number of aromatic nitrogens is 3. The minimum Gasteiger partial charge on any atom is -0.481 e. The van der Waals surface area contributed by atoms with Crippen LogP contribution in [-0.4, -0.2) is 27.5 Å². The van der Waals surface area contributed by atoms with E-state index in [9.17, 15) is 4.79 Å². The van der Waals surface area contributed by atoms with Crippen LogP contribution in [0.2, 0.25) is 0 Å². The number of terminal acetylenes is 1. The Morgan fingerprint density at radius 2 is 1.87 bits per heavy atom. The predicted molar refractivity (Wildman–Crippen MR) is 110 cm³/mol. The fourth-order valence-corrected chi connectivity index (χ4v) is 2.35. The maximum atomic E-state index is 10.9. The number of rotatable bonds is 8. The highest BCUT2D eigenvalue weighted by Gasteiger charge is 2.07. The number of nitrogens with zero attached hydrogens (tertiary/aromatic N) is 3. The summed E-state index contributed by atoms with van der Waals surface area (Å²) in [5.74, 6) is 4.34. The zero-order chi connectivity index (χ0) is 21.3. The van der Waals surface area contributed by atoms with Gasteiger partial charge >= 0.3 is 5.97 Å². The molecule has 2 aromatic carbocycles. The highest BCUT2D eigenvalue weighted by Crippen LogP contribution is 2.26. The van der Waals surface area contributed by atoms with Crippen molar-refractivity contribution in [2.45, 2.75) is 13.5 Å². The number of anilines is 3. The Morgan fingerprint density at radius 1 is 1.10 bits per heavy atom. The molecule has 0 aliphatic carbocycles. The van der Waals surface area contributed by atoms with Crippen LogP contribution in [0.3, 0.4) is 0 Å². The summed E-state index contributed by atoms with van der Waals surface area (Å²) >= 11 is 0. The molecule has 0 aliphatic heterocycles. The van der Waals surface area contributed by atoms with Crippen molar-refractivity contribution in [2.24, 2.45) is 0 Å². The van der Waals surface area contributed by atoms with Crippen molar-refractivity contribution < 1.29 is 19.0 Å². The average molecular weight is 405 g/mol. The number of carbonyl (C=O) groups is 1. The van der Waals surface area contributed by atoms with Crippen LogP contribution in [0.4, 0.5) is 17.6 Å². The molecule has 3 rings (SSSR count). The second-order valence-corrected chi connectivity index (χ2v) is 5.93. The molecule has 0 radical (unpaired) electrons. The summed E-state index contributed by atoms with van der Waals surface area (Å²) in [5.41, 5.74) is 6.39. The molecule has 1 aromatic heterocycles. The van der Waals surface area contributed by atoms with Crippen molar-refractivity contribution in [1.29, 1.82) is 0 Å². The zero-order valence-corrected chi connectivity index (χ0v) is 16.2. The number of nitrogens with two attached hydrogens (primary N) is 1. The van der Waals surface area contributed by atoms with Crippen LogP contribution >= 0.6 is 0 Å². The second kappa shape index (κ2) is 9.75. The molecular formula is C21H19N5O4. The van der Waals surface area contributed by atoms with Gasteiger partial charge in [-0.25, -0.2) is 0 Å². The molecule has 3 N–H and O–H groups in total. The molecule has 0 saturated carbocycles. The SMILES string of the molecule is C#CCOc1cccc(Oc2ccc(Nc3nc(N)nc(COC(C)=O)n3)cc2)c1. The Hall–Kier alpha value is -4.32. The molecule has 1 heterocycles. The van der Waals surface area contributed by atoms with Crippen LogP contribution in [0.15, 0.2) is 48.5 Å². The van der Waals surface area contributed by atoms with Crippen molar-refractivity contribution in [3.8, 4) is 29.6 Å². The van der Waals surface area contributed by atoms with E-state index >= 15 is 0 Å². The number of carbonyl (C=O) groups excluding carboxylic acids is 1. The van der Waals surface area contributed by atoms with Crippen LogP contribution in [0.5, 0.6) is 17.2 Å². The maximum Gasteiger partial charge on any atom is 0.303 e. The van der Waals surface area contributed by atoms with E-state index in [-0.39, 0.29) is 30.9 Å². The molecule has 0 amide bonds. The molecule has 0 bridgehead atoms. The van der Waals surface area contributed by atoms with Crippen molar-refractivity contribution >= 4 is 23.6 Å². The van der Waals surface area contributed by atoms with Gasteiger partial charge in [0.2, 0.25) is 11.9 Å². The van der Waals surface area contributed by atoms with E-state index < -0.39 is 5.97 Å². The number of benzene rings is 2. The number of esters is 1. The third-order valence-electron chi connectivity index (χ3n) is 3.58. The van der Waals surface area contributed by atoms with Crippen molar-refractivity contribution in [1.82, 2.24) is 15.0 Å². The predicted octanol–water partition coefficient (Wildman–Crippen LogP) is 3.06. The Balaban J connectivity index is 1.65. The van der Waals surface area contributed by atoms with Gasteiger partial charge in [0.15, 0.2) is 12.4 Å². The van der Waals surface area contributed by atoms with Crippen LogP contribution in [0.25, 0.3) is 0 Å². The number of ether oxygens (including phenoxy) is 3. The van der Waals surface area contributed by atoms with E-state index in [2.05, 4.69) is 26.2 Å². The Bertz CT molecular complexity index is 1060. The van der Waals surface area contributed by atoms with Gasteiger partial charge in [-0.05, 0) is 36.4 Å². The molecule has 9 heteroatoms. The lowest BCUT2D eigenvalue weighted by Gasteiger charge is -2.10. The molecular weight excluding hydrogens is 386 g/mol. The number of hydrogen-bond donors (Lipinski definition) is 2. The highest BCUT2D eigenvalue weighted by atomic mass is 16.5. The molecule has 0 spiro atoms. The molecule has 9 nitrogen and oxygen atoms in total. The standard InChI is InChI=1S/C21H19N5O4/c1-3-11-28-17-5-4-6-18(12-17)30-16-9-7-15(8-10-16)23-21-25-19(13-29-14(2)27)24-20(22)26-21/h1,4-10,12H,11,13H2,2H3,(H3,22,23,24,25,26). The van der Waals surface area contributed by atoms with Gasteiger partial charge in [0.1, 0.15) is 23.9 Å². The van der Waals surface area contributed by atoms with Crippen molar-refractivity contribution in [2.75, 3.05) is 17.7 Å². The third-order valence-corrected chi connectivity index (χ3v) is 3.58. The Morgan fingerprint density at radius 3 is 2.60 bits per heavy atom. The van der Waals surface area contributed by atoms with Gasteiger partial charge < -0.3 is 25.3 Å². The summed E-state index contributed by atoms with van der Waals surface area (Å²) in [7, 11) is 0. The van der Waals surface area contributed by atoms with Gasteiger partial charge in [-0.2, -0.15) is 15.0 Å². The van der Waals surface area contributed by atoms with Crippen LogP contribution < -0.4 is 20.5 Å². The van der Waals surface area contributed by atoms with E-state index in [1.807, 2.05) is 12.1 Å². The van der Waals surface area contributed by atoms with Crippen LogP contribution in [-0.2, 0) is 16.1 Å². The minimum atomic E-state index is -0.438. The van der Waals surface area contributed by atoms with Crippen LogP contribution in [0, 0.1) is 12.3 Å². The Kier molecular flexibility index (Phi) is 6.63. The quantitative estimate of drug-likeness (QED) is 0.430. The highest BCUT2D eigenvalue weighted by molar-refractivity contribution is 5.65. The summed E-state index contributed by atoms with van der Waals surface area (Å²) in [6.45, 7) is 1.40. The molecule has 0 unspecified atom stereocenters. The molecule has 3 aromatic rings. The molecule has 152 valence electrons. The second-order valence-electron chi connectivity index (χ2n) is 5.93. The smallest absolute Gasteiger partial charge is 0.303 e. The van der Waals surface area contributed by atoms with Gasteiger partial charge in [0.05, 0.1) is 0 Å². The topological polar surface area (TPSA) is 121 Å². The van der Waals surface area contributed by atoms with Gasteiger partial charge in [0.25, 0.3) is 0 Å². The lowest BCUT2D eigenvalue weighted by molar-refractivity contribution is -0.142. The maximum absolute atomic E-state index is 10.9. The first-order chi connectivity index (χ1) is 14.5. The Labute approximate surface area is 173 Å². The monoisotopic (exact) mass is 405 g/mol. The number of nitrogen functional groups attached to an aromatic ring is 1. The first-order valence-electron chi connectivity index (χ1n) is 8.87. The third kappa shape index (κ3) is 6.10. The molecule has 0 atom stereocenters. The van der Waals surface area contributed by atoms with E-state index in [1.54, 1.807) is 36.4 Å². The summed E-state index contributed by atoms with van der Waals surface area (Å²) in [6.07, 6.45) is 5.20. The number of hydrogen-bond acceptors (Lipinski definition) is 9. The number of nitrogens with one attached hydrogen (secondary N) is 1. The lowest BCUT2D eigenvalue weighted by atomic mass is 10.3. The molecule has 30 heavy (non-hydrogen) atoms. The zero-order valence-electron chi connectivity index (χ0n) is 16.2. The van der Waals surface area contributed by atoms with E-state index in [0.717, 1.165) is 0 Å². The molecule has 0 aliphatic rings. The normalized spacial score (nSPS) is 10.0. The van der Waals surface area contributed by atoms with E-state index in [4.69, 9.17) is 26.4 Å². The molecule has 0 saturated heterocycles. The first-order valence-corrected chi connectivity index (χ1v) is 8.87. The van der Waals surface area contributed by atoms with Gasteiger partial charge in [-0.15, -0.1) is 6.42 Å². The lowest BCUT2D eigenvalue weighted by Crippen LogP contribution is -2.09. The largest absolute Gasteiger partial charge is 0.481 e. The van der Waals surface area contributed by atoms with Gasteiger partial charge in [-0.3, -0.25) is 4.79 Å². The summed E-state index contributed by atoms with van der Waals surface area (Å²) < 4.78 is 16.1. The average Bonchev–Trinajstić information content (AvgIpc) is 2.72. The summed E-state index contributed by atoms with van der Waals surface area (Å²) in [5, 5.41) is 3.02. The van der Waals surface area contributed by atoms with E-state index in [1.165, 1.54) is 6.92 Å². The van der Waals surface area contributed by atoms with Crippen LogP contribution in [0.1, 0.15) is 12.7 Å². The van der Waals surface area contributed by atoms with Crippen molar-refractivity contribution in [3.63, 3.8) is 0 Å². The summed E-state index contributed by atoms with van der Waals surface area (Å²) in [6, 6.07) is 14.3. The van der Waals surface area contributed by atoms with Gasteiger partial charge in [0, 0.05) is 18.7 Å². The minimum absolute atomic E-state index is 0.0153. The van der Waals surface area contributed by atoms with Gasteiger partial charge in [-0.1, -0.05) is 12.0 Å². The molecule has 0 fully saturated rings. The first kappa shape index (κ1) is 20.4. The van der Waals surface area contributed by atoms with Crippen molar-refractivity contribution in [3.05, 3.63) is 54.4 Å².